The van der Waals surface area contributed by atoms with E-state index in [1.165, 1.54) is 24.5 Å². The van der Waals surface area contributed by atoms with Gasteiger partial charge in [0.1, 0.15) is 22.3 Å². The molecule has 1 unspecified atom stereocenters. The zero-order valence-electron chi connectivity index (χ0n) is 15.9. The lowest BCUT2D eigenvalue weighted by Gasteiger charge is -2.15. The van der Waals surface area contributed by atoms with Crippen molar-refractivity contribution in [2.75, 3.05) is 6.61 Å². The molecule has 2 aromatic heterocycles. The Hall–Kier alpha value is -2.75. The highest BCUT2D eigenvalue weighted by Crippen LogP contribution is 2.30. The molecule has 30 heavy (non-hydrogen) atoms. The van der Waals surface area contributed by atoms with Crippen molar-refractivity contribution in [3.05, 3.63) is 46.6 Å². The molecule has 3 rings (SSSR count). The van der Waals surface area contributed by atoms with Gasteiger partial charge in [-0.25, -0.2) is 15.0 Å². The van der Waals surface area contributed by atoms with Crippen molar-refractivity contribution >= 4 is 23.3 Å². The molecular formula is C19H18ClF3N4O3. The first-order valence-corrected chi connectivity index (χ1v) is 9.50. The number of nitrogens with one attached hydrogen (secondary N) is 1. The first kappa shape index (κ1) is 21.9. The quantitative estimate of drug-likeness (QED) is 0.672. The molecule has 1 aliphatic rings. The minimum atomic E-state index is -4.51. The van der Waals surface area contributed by atoms with Crippen LogP contribution >= 0.6 is 11.6 Å². The maximum atomic E-state index is 12.5. The highest BCUT2D eigenvalue weighted by molar-refractivity contribution is 6.31. The first-order valence-electron chi connectivity index (χ1n) is 9.13. The molecule has 2 aromatic rings. The third-order valence-corrected chi connectivity index (χ3v) is 4.62. The second kappa shape index (κ2) is 8.95. The van der Waals surface area contributed by atoms with E-state index < -0.39 is 24.7 Å². The average Bonchev–Trinajstić information content (AvgIpc) is 3.51. The number of pyridine rings is 1. The normalized spacial score (nSPS) is 14.8. The van der Waals surface area contributed by atoms with Crippen LogP contribution in [0.2, 0.25) is 5.02 Å². The molecule has 1 aliphatic carbocycles. The summed E-state index contributed by atoms with van der Waals surface area (Å²) >= 11 is 5.94. The van der Waals surface area contributed by atoms with E-state index in [1.807, 2.05) is 0 Å². The number of carbonyl (C=O) groups is 2. The van der Waals surface area contributed by atoms with Gasteiger partial charge in [-0.15, -0.1) is 0 Å². The molecule has 0 saturated heterocycles. The standard InChI is InChI=1S/C19H18ClF3N4O3/c1-10(12-6-13(20)18(25-8-12)30-9-19(21,22)23)26-17(29)14-4-5-24-16(27-14)7-15(28)11-2-3-11/h4-6,8,10-11H,2-3,7,9H2,1H3,(H,26,29). The van der Waals surface area contributed by atoms with Gasteiger partial charge >= 0.3 is 6.18 Å². The summed E-state index contributed by atoms with van der Waals surface area (Å²) in [6.45, 7) is 0.144. The van der Waals surface area contributed by atoms with Crippen LogP contribution in [0.25, 0.3) is 0 Å². The van der Waals surface area contributed by atoms with Crippen LogP contribution in [0.4, 0.5) is 13.2 Å². The van der Waals surface area contributed by atoms with Crippen LogP contribution < -0.4 is 10.1 Å². The van der Waals surface area contributed by atoms with Crippen LogP contribution in [0.3, 0.4) is 0 Å². The van der Waals surface area contributed by atoms with Crippen molar-refractivity contribution in [3.63, 3.8) is 0 Å². The fourth-order valence-electron chi connectivity index (χ4n) is 2.60. The number of ketones is 1. The van der Waals surface area contributed by atoms with Gasteiger partial charge in [0.15, 0.2) is 6.61 Å². The molecule has 0 aliphatic heterocycles. The molecule has 0 aromatic carbocycles. The highest BCUT2D eigenvalue weighted by atomic mass is 35.5. The second-order valence-corrected chi connectivity index (χ2v) is 7.34. The smallest absolute Gasteiger partial charge is 0.422 e. The Labute approximate surface area is 175 Å². The number of rotatable bonds is 8. The molecule has 1 saturated carbocycles. The van der Waals surface area contributed by atoms with Crippen molar-refractivity contribution in [1.29, 1.82) is 0 Å². The van der Waals surface area contributed by atoms with Crippen molar-refractivity contribution in [2.45, 2.75) is 38.4 Å². The Morgan fingerprint density at radius 1 is 1.33 bits per heavy atom. The van der Waals surface area contributed by atoms with Crippen LogP contribution in [0.1, 0.15) is 47.7 Å². The summed E-state index contributed by atoms with van der Waals surface area (Å²) in [7, 11) is 0. The van der Waals surface area contributed by atoms with Crippen molar-refractivity contribution in [1.82, 2.24) is 20.3 Å². The molecule has 0 radical (unpaired) electrons. The summed E-state index contributed by atoms with van der Waals surface area (Å²) in [5, 5.41) is 2.59. The number of Topliss-reactive ketones (excluding diaryl/α,β-unsaturated/α-hetero) is 1. The van der Waals surface area contributed by atoms with E-state index in [0.717, 1.165) is 12.8 Å². The Kier molecular flexibility index (Phi) is 6.55. The van der Waals surface area contributed by atoms with Crippen LogP contribution in [0, 0.1) is 5.92 Å². The molecule has 1 N–H and O–H groups in total. The molecule has 11 heteroatoms. The second-order valence-electron chi connectivity index (χ2n) is 6.93. The Bertz CT molecular complexity index is 951. The van der Waals surface area contributed by atoms with E-state index >= 15 is 0 Å². The topological polar surface area (TPSA) is 94.1 Å². The van der Waals surface area contributed by atoms with Crippen LogP contribution in [-0.4, -0.2) is 39.4 Å². The molecule has 160 valence electrons. The Balaban J connectivity index is 1.62. The van der Waals surface area contributed by atoms with E-state index in [0.29, 0.717) is 5.56 Å². The third kappa shape index (κ3) is 6.12. The summed E-state index contributed by atoms with van der Waals surface area (Å²) in [4.78, 5) is 36.3. The molecule has 0 bridgehead atoms. The Morgan fingerprint density at radius 3 is 2.70 bits per heavy atom. The fraction of sp³-hybridized carbons (Fsp3) is 0.421. The number of carbonyl (C=O) groups excluding carboxylic acids is 2. The predicted molar refractivity (Wildman–Crippen MR) is 100 cm³/mol. The SMILES string of the molecule is CC(NC(=O)c1ccnc(CC(=O)C2CC2)n1)c1cnc(OCC(F)(F)F)c(Cl)c1. The summed E-state index contributed by atoms with van der Waals surface area (Å²) in [6, 6.07) is 2.22. The largest absolute Gasteiger partial charge is 0.467 e. The summed E-state index contributed by atoms with van der Waals surface area (Å²) in [6.07, 6.45) is 0.0146. The van der Waals surface area contributed by atoms with E-state index in [9.17, 15) is 22.8 Å². The minimum Gasteiger partial charge on any atom is -0.467 e. The summed E-state index contributed by atoms with van der Waals surface area (Å²) in [5.74, 6) is -0.431. The van der Waals surface area contributed by atoms with Gasteiger partial charge in [0.2, 0.25) is 5.88 Å². The molecule has 0 spiro atoms. The fourth-order valence-corrected chi connectivity index (χ4v) is 2.83. The molecular weight excluding hydrogens is 425 g/mol. The maximum Gasteiger partial charge on any atom is 0.422 e. The van der Waals surface area contributed by atoms with Crippen LogP contribution in [-0.2, 0) is 11.2 Å². The monoisotopic (exact) mass is 442 g/mol. The van der Waals surface area contributed by atoms with E-state index in [1.54, 1.807) is 6.92 Å². The van der Waals surface area contributed by atoms with Crippen molar-refractivity contribution in [3.8, 4) is 5.88 Å². The lowest BCUT2D eigenvalue weighted by molar-refractivity contribution is -0.154. The minimum absolute atomic E-state index is 0.0643. The van der Waals surface area contributed by atoms with Gasteiger partial charge in [-0.05, 0) is 37.5 Å². The number of amides is 1. The van der Waals surface area contributed by atoms with Gasteiger partial charge in [0, 0.05) is 18.3 Å². The zero-order valence-corrected chi connectivity index (χ0v) is 16.6. The molecule has 7 nitrogen and oxygen atoms in total. The lowest BCUT2D eigenvalue weighted by Crippen LogP contribution is -2.28. The van der Waals surface area contributed by atoms with Gasteiger partial charge in [-0.3, -0.25) is 9.59 Å². The lowest BCUT2D eigenvalue weighted by atomic mass is 10.1. The zero-order chi connectivity index (χ0) is 21.9. The van der Waals surface area contributed by atoms with Gasteiger partial charge in [-0.2, -0.15) is 13.2 Å². The summed E-state index contributed by atoms with van der Waals surface area (Å²) < 4.78 is 41.3. The van der Waals surface area contributed by atoms with Crippen LogP contribution in [0.15, 0.2) is 24.5 Å². The van der Waals surface area contributed by atoms with Gasteiger partial charge in [0.05, 0.1) is 12.5 Å². The number of alkyl halides is 3. The number of halogens is 4. The Morgan fingerprint density at radius 2 is 2.07 bits per heavy atom. The summed E-state index contributed by atoms with van der Waals surface area (Å²) in [5.41, 5.74) is 0.561. The van der Waals surface area contributed by atoms with Gasteiger partial charge in [-0.1, -0.05) is 11.6 Å². The average molecular weight is 443 g/mol. The highest BCUT2D eigenvalue weighted by Gasteiger charge is 2.30. The molecule has 1 fully saturated rings. The van der Waals surface area contributed by atoms with Crippen molar-refractivity contribution in [2.24, 2.45) is 5.92 Å². The van der Waals surface area contributed by atoms with E-state index in [4.69, 9.17) is 11.6 Å². The van der Waals surface area contributed by atoms with E-state index in [2.05, 4.69) is 25.0 Å². The predicted octanol–water partition coefficient (Wildman–Crippen LogP) is 3.48. The van der Waals surface area contributed by atoms with Gasteiger partial charge in [0.25, 0.3) is 5.91 Å². The number of ether oxygens (including phenoxy) is 1. The molecule has 1 amide bonds. The molecule has 1 atom stereocenters. The third-order valence-electron chi connectivity index (χ3n) is 4.35. The van der Waals surface area contributed by atoms with Crippen molar-refractivity contribution < 1.29 is 27.5 Å². The van der Waals surface area contributed by atoms with Gasteiger partial charge < -0.3 is 10.1 Å². The number of hydrogen-bond donors (Lipinski definition) is 1. The number of hydrogen-bond acceptors (Lipinski definition) is 6. The van der Waals surface area contributed by atoms with Crippen LogP contribution in [0.5, 0.6) is 5.88 Å². The molecule has 2 heterocycles. The number of aromatic nitrogens is 3. The first-order chi connectivity index (χ1) is 14.1. The number of nitrogens with zero attached hydrogens (tertiary/aromatic N) is 3. The maximum absolute atomic E-state index is 12.5. The van der Waals surface area contributed by atoms with E-state index in [-0.39, 0.29) is 40.5 Å².